The summed E-state index contributed by atoms with van der Waals surface area (Å²) in [6, 6.07) is 0. The van der Waals surface area contributed by atoms with Crippen LogP contribution in [0.4, 0.5) is 0 Å². The summed E-state index contributed by atoms with van der Waals surface area (Å²) in [5.41, 5.74) is -1.27. The maximum Gasteiger partial charge on any atom is 0.307 e. The van der Waals surface area contributed by atoms with Crippen molar-refractivity contribution in [2.75, 3.05) is 13.2 Å². The fourth-order valence-corrected chi connectivity index (χ4v) is 2.16. The molecule has 0 aliphatic carbocycles. The van der Waals surface area contributed by atoms with E-state index in [0.29, 0.717) is 0 Å². The maximum absolute atomic E-state index is 11.1. The van der Waals surface area contributed by atoms with Gasteiger partial charge >= 0.3 is 11.9 Å². The first-order valence-electron chi connectivity index (χ1n) is 8.52. The fourth-order valence-electron chi connectivity index (χ4n) is 2.16. The normalized spacial score (nSPS) is 12.9. The molecule has 0 fully saturated rings. The van der Waals surface area contributed by atoms with Crippen LogP contribution in [-0.4, -0.2) is 61.6 Å². The van der Waals surface area contributed by atoms with Crippen molar-refractivity contribution in [3.8, 4) is 0 Å². The lowest BCUT2D eigenvalue weighted by Crippen LogP contribution is -2.49. The Bertz CT molecular complexity index is 367. The molecule has 0 aromatic rings. The topological polar surface area (TPSA) is 156 Å². The third-order valence-corrected chi connectivity index (χ3v) is 4.34. The first-order chi connectivity index (χ1) is 11.4. The monoisotopic (exact) mass is 366 g/mol. The molecule has 0 aliphatic heterocycles. The van der Waals surface area contributed by atoms with Crippen LogP contribution in [0.5, 0.6) is 0 Å². The van der Waals surface area contributed by atoms with E-state index in [4.69, 9.17) is 20.4 Å². The van der Waals surface area contributed by atoms with Crippen LogP contribution in [0.1, 0.15) is 65.7 Å². The Morgan fingerprint density at radius 3 is 1.56 bits per heavy atom. The maximum atomic E-state index is 11.1. The Labute approximate surface area is 149 Å². The van der Waals surface area contributed by atoms with E-state index in [1.165, 1.54) is 13.8 Å². The number of hydrogen-bond acceptors (Lipinski definition) is 6. The molecule has 6 N–H and O–H groups in total. The van der Waals surface area contributed by atoms with Gasteiger partial charge < -0.3 is 30.6 Å². The number of carboxylic acids is 2. The van der Waals surface area contributed by atoms with Gasteiger partial charge in [-0.1, -0.05) is 26.7 Å². The third-order valence-electron chi connectivity index (χ3n) is 4.34. The minimum atomic E-state index is -2.14. The lowest BCUT2D eigenvalue weighted by molar-refractivity contribution is -0.238. The molecule has 8 heteroatoms. The van der Waals surface area contributed by atoms with Crippen LogP contribution >= 0.6 is 0 Å². The van der Waals surface area contributed by atoms with Gasteiger partial charge in [0.2, 0.25) is 0 Å². The van der Waals surface area contributed by atoms with Gasteiger partial charge in [-0.25, -0.2) is 0 Å². The number of hydrogen-bond donors (Lipinski definition) is 6. The Hall–Kier alpha value is -1.22. The molecule has 0 aliphatic rings. The fraction of sp³-hybridized carbons (Fsp3) is 0.882. The van der Waals surface area contributed by atoms with Crippen LogP contribution in [0.3, 0.4) is 0 Å². The van der Waals surface area contributed by atoms with Crippen molar-refractivity contribution < 1.29 is 40.2 Å². The molecule has 0 spiro atoms. The summed E-state index contributed by atoms with van der Waals surface area (Å²) in [6.07, 6.45) is 3.97. The molecule has 0 aromatic heterocycles. The molecular weight excluding hydrogens is 332 g/mol. The Morgan fingerprint density at radius 2 is 1.28 bits per heavy atom. The largest absolute Gasteiger partial charge is 0.481 e. The van der Waals surface area contributed by atoms with Gasteiger partial charge in [-0.15, -0.1) is 0 Å². The second kappa shape index (κ2) is 13.0. The van der Waals surface area contributed by atoms with Crippen molar-refractivity contribution in [2.45, 2.75) is 71.5 Å². The zero-order valence-corrected chi connectivity index (χ0v) is 15.4. The van der Waals surface area contributed by atoms with E-state index in [-0.39, 0.29) is 32.5 Å². The smallest absolute Gasteiger partial charge is 0.307 e. The summed E-state index contributed by atoms with van der Waals surface area (Å²) in [6.45, 7) is 4.57. The molecule has 0 rings (SSSR count). The van der Waals surface area contributed by atoms with E-state index in [0.717, 1.165) is 32.6 Å². The van der Waals surface area contributed by atoms with Gasteiger partial charge in [0.1, 0.15) is 0 Å². The van der Waals surface area contributed by atoms with E-state index in [1.54, 1.807) is 0 Å². The highest BCUT2D eigenvalue weighted by Gasteiger charge is 2.47. The summed E-state index contributed by atoms with van der Waals surface area (Å²) in [7, 11) is 0. The molecule has 0 amide bonds. The van der Waals surface area contributed by atoms with E-state index in [1.807, 2.05) is 0 Å². The highest BCUT2D eigenvalue weighted by Crippen LogP contribution is 2.39. The third kappa shape index (κ3) is 11.9. The number of unbranched alkanes of at least 4 members (excludes halogenated alkanes) is 3. The standard InChI is InChI=1S/C11H20O6.C6H14O2/c1-10(2,11(3,16)17)7(9(14)15)5-4-6-8(12)13;7-5-3-1-2-4-6-8/h7,16-17H,4-6H2,1-3H3,(H,12,13)(H,14,15);7-8H,1-6H2. The summed E-state index contributed by atoms with van der Waals surface area (Å²) in [5.74, 6) is -5.31. The molecule has 0 saturated heterocycles. The second-order valence-corrected chi connectivity index (χ2v) is 6.78. The molecule has 0 saturated carbocycles. The minimum Gasteiger partial charge on any atom is -0.481 e. The summed E-state index contributed by atoms with van der Waals surface area (Å²) in [4.78, 5) is 21.4. The van der Waals surface area contributed by atoms with Crippen molar-refractivity contribution in [3.63, 3.8) is 0 Å². The van der Waals surface area contributed by atoms with Crippen molar-refractivity contribution in [1.82, 2.24) is 0 Å². The number of carboxylic acid groups (broad SMARTS) is 2. The first-order valence-corrected chi connectivity index (χ1v) is 8.52. The lowest BCUT2D eigenvalue weighted by Gasteiger charge is -2.40. The highest BCUT2D eigenvalue weighted by molar-refractivity contribution is 5.71. The predicted octanol–water partition coefficient (Wildman–Crippen LogP) is 1.20. The summed E-state index contributed by atoms with van der Waals surface area (Å²) in [5, 5.41) is 53.3. The predicted molar refractivity (Wildman–Crippen MR) is 91.9 cm³/mol. The molecule has 0 aromatic carbocycles. The molecule has 1 unspecified atom stereocenters. The molecule has 0 heterocycles. The van der Waals surface area contributed by atoms with E-state index in [9.17, 15) is 19.8 Å². The Kier molecular flexibility index (Phi) is 13.6. The summed E-state index contributed by atoms with van der Waals surface area (Å²) < 4.78 is 0. The average molecular weight is 366 g/mol. The van der Waals surface area contributed by atoms with Crippen LogP contribution < -0.4 is 0 Å². The Balaban J connectivity index is 0. The molecule has 0 radical (unpaired) electrons. The number of aliphatic hydroxyl groups is 4. The van der Waals surface area contributed by atoms with Crippen LogP contribution in [0.25, 0.3) is 0 Å². The van der Waals surface area contributed by atoms with Crippen molar-refractivity contribution in [1.29, 1.82) is 0 Å². The van der Waals surface area contributed by atoms with Gasteiger partial charge in [0.15, 0.2) is 5.79 Å². The Morgan fingerprint density at radius 1 is 0.840 bits per heavy atom. The minimum absolute atomic E-state index is 0.0886. The number of aliphatic hydroxyl groups excluding tert-OH is 2. The van der Waals surface area contributed by atoms with Gasteiger partial charge in [-0.05, 0) is 32.6 Å². The number of carbonyl (C=O) groups is 2. The average Bonchev–Trinajstić information content (AvgIpc) is 2.47. The van der Waals surface area contributed by atoms with Gasteiger partial charge in [-0.3, -0.25) is 9.59 Å². The van der Waals surface area contributed by atoms with Gasteiger partial charge in [0.25, 0.3) is 0 Å². The molecule has 1 atom stereocenters. The van der Waals surface area contributed by atoms with Crippen LogP contribution in [0, 0.1) is 11.3 Å². The molecule has 150 valence electrons. The zero-order valence-electron chi connectivity index (χ0n) is 15.4. The van der Waals surface area contributed by atoms with Crippen LogP contribution in [0.15, 0.2) is 0 Å². The van der Waals surface area contributed by atoms with E-state index in [2.05, 4.69) is 0 Å². The lowest BCUT2D eigenvalue weighted by atomic mass is 9.70. The van der Waals surface area contributed by atoms with Crippen molar-refractivity contribution >= 4 is 11.9 Å². The van der Waals surface area contributed by atoms with E-state index < -0.39 is 29.1 Å². The van der Waals surface area contributed by atoms with Gasteiger partial charge in [0.05, 0.1) is 5.92 Å². The van der Waals surface area contributed by atoms with Crippen molar-refractivity contribution in [3.05, 3.63) is 0 Å². The van der Waals surface area contributed by atoms with Crippen LogP contribution in [-0.2, 0) is 9.59 Å². The van der Waals surface area contributed by atoms with Gasteiger partial charge in [-0.2, -0.15) is 0 Å². The molecule has 0 bridgehead atoms. The molecule has 25 heavy (non-hydrogen) atoms. The van der Waals surface area contributed by atoms with Crippen molar-refractivity contribution in [2.24, 2.45) is 11.3 Å². The number of rotatable bonds is 12. The highest BCUT2D eigenvalue weighted by atomic mass is 16.5. The van der Waals surface area contributed by atoms with Crippen LogP contribution in [0.2, 0.25) is 0 Å². The SMILES string of the molecule is CC(O)(O)C(C)(C)C(CCCC(=O)O)C(=O)O.OCCCCCCO. The second-order valence-electron chi connectivity index (χ2n) is 6.78. The number of aliphatic carboxylic acids is 2. The van der Waals surface area contributed by atoms with E-state index >= 15 is 0 Å². The zero-order chi connectivity index (χ0) is 20.1. The molecule has 8 nitrogen and oxygen atoms in total. The summed E-state index contributed by atoms with van der Waals surface area (Å²) >= 11 is 0. The quantitative estimate of drug-likeness (QED) is 0.222. The molecular formula is C17H34O8. The van der Waals surface area contributed by atoms with Gasteiger partial charge in [0, 0.05) is 25.0 Å². The first kappa shape index (κ1) is 26.0.